The number of hydrogen-bond acceptors (Lipinski definition) is 2. The Morgan fingerprint density at radius 3 is 3.17 bits per heavy atom. The lowest BCUT2D eigenvalue weighted by Gasteiger charge is -2.32. The maximum Gasteiger partial charge on any atom is 0.317 e. The molecular weight excluding hydrogens is 172 g/mol. The molecule has 3 nitrogen and oxygen atoms in total. The van der Waals surface area contributed by atoms with Gasteiger partial charge in [0.15, 0.2) is 0 Å². The van der Waals surface area contributed by atoms with E-state index in [9.17, 15) is 4.79 Å². The van der Waals surface area contributed by atoms with Gasteiger partial charge in [-0.15, -0.1) is 0 Å². The SMILES string of the molecule is O=C1NCCCN1C1CCSC1. The van der Waals surface area contributed by atoms with E-state index in [-0.39, 0.29) is 6.03 Å². The number of amides is 2. The molecule has 1 atom stereocenters. The van der Waals surface area contributed by atoms with Gasteiger partial charge in [0.05, 0.1) is 0 Å². The van der Waals surface area contributed by atoms with Crippen LogP contribution in [0, 0.1) is 0 Å². The molecule has 0 radical (unpaired) electrons. The average Bonchev–Trinajstić information content (AvgIpc) is 2.57. The second-order valence-corrected chi connectivity index (χ2v) is 4.45. The van der Waals surface area contributed by atoms with Gasteiger partial charge in [0.25, 0.3) is 0 Å². The molecule has 2 saturated heterocycles. The summed E-state index contributed by atoms with van der Waals surface area (Å²) in [6, 6.07) is 0.657. The molecule has 0 spiro atoms. The minimum atomic E-state index is 0.147. The average molecular weight is 186 g/mol. The van der Waals surface area contributed by atoms with Crippen molar-refractivity contribution < 1.29 is 4.79 Å². The van der Waals surface area contributed by atoms with Gasteiger partial charge in [-0.1, -0.05) is 0 Å². The molecule has 0 aromatic heterocycles. The summed E-state index contributed by atoms with van der Waals surface area (Å²) in [5.41, 5.74) is 0. The monoisotopic (exact) mass is 186 g/mol. The van der Waals surface area contributed by atoms with Crippen LogP contribution in [0.25, 0.3) is 0 Å². The maximum absolute atomic E-state index is 11.4. The van der Waals surface area contributed by atoms with Crippen molar-refractivity contribution in [3.63, 3.8) is 0 Å². The van der Waals surface area contributed by atoms with Gasteiger partial charge in [-0.05, 0) is 18.6 Å². The fraction of sp³-hybridized carbons (Fsp3) is 0.875. The van der Waals surface area contributed by atoms with Gasteiger partial charge >= 0.3 is 6.03 Å². The molecule has 2 aliphatic heterocycles. The van der Waals surface area contributed by atoms with Crippen molar-refractivity contribution in [2.45, 2.75) is 18.9 Å². The van der Waals surface area contributed by atoms with Gasteiger partial charge < -0.3 is 10.2 Å². The Hall–Kier alpha value is -0.380. The molecule has 2 fully saturated rings. The smallest absolute Gasteiger partial charge is 0.317 e. The van der Waals surface area contributed by atoms with Gasteiger partial charge in [0.2, 0.25) is 0 Å². The summed E-state index contributed by atoms with van der Waals surface area (Å²) in [6.07, 6.45) is 2.28. The van der Waals surface area contributed by atoms with Crippen molar-refractivity contribution in [1.82, 2.24) is 10.2 Å². The van der Waals surface area contributed by atoms with Gasteiger partial charge in [0.1, 0.15) is 0 Å². The van der Waals surface area contributed by atoms with Crippen LogP contribution in [0.2, 0.25) is 0 Å². The second kappa shape index (κ2) is 3.56. The highest BCUT2D eigenvalue weighted by Gasteiger charge is 2.28. The first-order valence-electron chi connectivity index (χ1n) is 4.50. The Kier molecular flexibility index (Phi) is 2.44. The van der Waals surface area contributed by atoms with Crippen LogP contribution in [0.3, 0.4) is 0 Å². The molecule has 0 aliphatic carbocycles. The van der Waals surface area contributed by atoms with Crippen molar-refractivity contribution in [2.24, 2.45) is 0 Å². The van der Waals surface area contributed by atoms with Gasteiger partial charge in [-0.3, -0.25) is 0 Å². The zero-order valence-corrected chi connectivity index (χ0v) is 7.90. The lowest BCUT2D eigenvalue weighted by atomic mass is 10.2. The number of carbonyl (C=O) groups is 1. The molecule has 2 heterocycles. The molecule has 0 bridgehead atoms. The summed E-state index contributed by atoms with van der Waals surface area (Å²) < 4.78 is 0. The zero-order chi connectivity index (χ0) is 8.39. The molecular formula is C8H14N2OS. The van der Waals surface area contributed by atoms with Crippen LogP contribution in [-0.4, -0.2) is 41.6 Å². The molecule has 0 aromatic rings. The maximum atomic E-state index is 11.4. The summed E-state index contributed by atoms with van der Waals surface area (Å²) >= 11 is 1.96. The van der Waals surface area contributed by atoms with Gasteiger partial charge in [-0.2, -0.15) is 11.8 Å². The third kappa shape index (κ3) is 1.53. The summed E-state index contributed by atoms with van der Waals surface area (Å²) in [7, 11) is 0. The van der Waals surface area contributed by atoms with Crippen molar-refractivity contribution in [1.29, 1.82) is 0 Å². The molecule has 1 unspecified atom stereocenters. The topological polar surface area (TPSA) is 32.3 Å². The number of thioether (sulfide) groups is 1. The Bertz CT molecular complexity index is 180. The van der Waals surface area contributed by atoms with Crippen LogP contribution in [0.1, 0.15) is 12.8 Å². The lowest BCUT2D eigenvalue weighted by molar-refractivity contribution is 0.167. The Labute approximate surface area is 76.9 Å². The standard InChI is InChI=1S/C8H14N2OS/c11-8-9-3-1-4-10(8)7-2-5-12-6-7/h7H,1-6H2,(H,9,11). The van der Waals surface area contributed by atoms with E-state index >= 15 is 0 Å². The van der Waals surface area contributed by atoms with E-state index in [0.29, 0.717) is 6.04 Å². The van der Waals surface area contributed by atoms with E-state index in [4.69, 9.17) is 0 Å². The van der Waals surface area contributed by atoms with Crippen molar-refractivity contribution in [2.75, 3.05) is 24.6 Å². The first-order chi connectivity index (χ1) is 5.88. The van der Waals surface area contributed by atoms with Crippen LogP contribution in [0.15, 0.2) is 0 Å². The first-order valence-corrected chi connectivity index (χ1v) is 5.65. The second-order valence-electron chi connectivity index (χ2n) is 3.30. The molecule has 0 aromatic carbocycles. The lowest BCUT2D eigenvalue weighted by Crippen LogP contribution is -2.51. The van der Waals surface area contributed by atoms with E-state index in [0.717, 1.165) is 25.3 Å². The fourth-order valence-electron chi connectivity index (χ4n) is 1.76. The van der Waals surface area contributed by atoms with Crippen molar-refractivity contribution in [3.05, 3.63) is 0 Å². The number of nitrogens with zero attached hydrogens (tertiary/aromatic N) is 1. The molecule has 1 N–H and O–H groups in total. The molecule has 2 aliphatic rings. The third-order valence-electron chi connectivity index (χ3n) is 2.46. The normalized spacial score (nSPS) is 30.5. The zero-order valence-electron chi connectivity index (χ0n) is 7.08. The van der Waals surface area contributed by atoms with Crippen LogP contribution < -0.4 is 5.32 Å². The van der Waals surface area contributed by atoms with Crippen LogP contribution >= 0.6 is 11.8 Å². The number of rotatable bonds is 1. The minimum absolute atomic E-state index is 0.147. The molecule has 68 valence electrons. The Morgan fingerprint density at radius 1 is 1.58 bits per heavy atom. The Morgan fingerprint density at radius 2 is 2.50 bits per heavy atom. The largest absolute Gasteiger partial charge is 0.338 e. The molecule has 12 heavy (non-hydrogen) atoms. The van der Waals surface area contributed by atoms with E-state index in [1.807, 2.05) is 16.7 Å². The number of urea groups is 1. The predicted molar refractivity (Wildman–Crippen MR) is 50.5 cm³/mol. The number of nitrogens with one attached hydrogen (secondary N) is 1. The third-order valence-corrected chi connectivity index (χ3v) is 3.60. The summed E-state index contributed by atoms with van der Waals surface area (Å²) in [5, 5.41) is 2.89. The highest BCUT2D eigenvalue weighted by Crippen LogP contribution is 2.23. The Balaban J connectivity index is 1.95. The summed E-state index contributed by atoms with van der Waals surface area (Å²) in [4.78, 5) is 13.4. The molecule has 2 rings (SSSR count). The molecule has 2 amide bonds. The highest BCUT2D eigenvalue weighted by molar-refractivity contribution is 7.99. The van der Waals surface area contributed by atoms with Crippen molar-refractivity contribution in [3.8, 4) is 0 Å². The molecule has 0 saturated carbocycles. The summed E-state index contributed by atoms with van der Waals surface area (Å²) in [6.45, 7) is 1.81. The van der Waals surface area contributed by atoms with Gasteiger partial charge in [-0.25, -0.2) is 4.79 Å². The van der Waals surface area contributed by atoms with Crippen LogP contribution in [0.5, 0.6) is 0 Å². The number of carbonyl (C=O) groups excluding carboxylic acids is 1. The van der Waals surface area contributed by atoms with Gasteiger partial charge in [0, 0.05) is 24.9 Å². The van der Waals surface area contributed by atoms with Crippen molar-refractivity contribution >= 4 is 17.8 Å². The quantitative estimate of drug-likeness (QED) is 0.660. The summed E-state index contributed by atoms with van der Waals surface area (Å²) in [5.74, 6) is 2.35. The van der Waals surface area contributed by atoms with Crippen LogP contribution in [-0.2, 0) is 0 Å². The highest BCUT2D eigenvalue weighted by atomic mass is 32.2. The predicted octanol–water partition coefficient (Wildman–Crippen LogP) is 0.907. The van der Waals surface area contributed by atoms with Crippen LogP contribution in [0.4, 0.5) is 4.79 Å². The van der Waals surface area contributed by atoms with E-state index in [1.165, 1.54) is 12.2 Å². The van der Waals surface area contributed by atoms with E-state index < -0.39 is 0 Å². The molecule has 4 heteroatoms. The van der Waals surface area contributed by atoms with E-state index in [2.05, 4.69) is 5.32 Å². The van der Waals surface area contributed by atoms with E-state index in [1.54, 1.807) is 0 Å². The number of hydrogen-bond donors (Lipinski definition) is 1. The first kappa shape index (κ1) is 8.23. The fourth-order valence-corrected chi connectivity index (χ4v) is 2.99. The minimum Gasteiger partial charge on any atom is -0.338 e.